The van der Waals surface area contributed by atoms with Crippen LogP contribution < -0.4 is 0 Å². The van der Waals surface area contributed by atoms with Gasteiger partial charge in [-0.25, -0.2) is 9.78 Å². The van der Waals surface area contributed by atoms with Crippen molar-refractivity contribution in [1.82, 2.24) is 14.8 Å². The first kappa shape index (κ1) is 18.2. The summed E-state index contributed by atoms with van der Waals surface area (Å²) in [4.78, 5) is 20.6. The summed E-state index contributed by atoms with van der Waals surface area (Å²) < 4.78 is 5.05. The van der Waals surface area contributed by atoms with E-state index in [4.69, 9.17) is 21.3 Å². The van der Waals surface area contributed by atoms with E-state index >= 15 is 0 Å². The monoisotopic (exact) mass is 379 g/mol. The molecule has 134 valence electrons. The second-order valence-electron chi connectivity index (χ2n) is 6.00. The molecule has 2 heterocycles. The molecule has 1 aliphatic heterocycles. The van der Waals surface area contributed by atoms with Crippen LogP contribution in [0, 0.1) is 0 Å². The highest BCUT2D eigenvalue weighted by Crippen LogP contribution is 2.18. The highest BCUT2D eigenvalue weighted by Gasteiger charge is 2.22. The molecule has 0 spiro atoms. The van der Waals surface area contributed by atoms with Crippen molar-refractivity contribution < 1.29 is 9.53 Å². The zero-order valence-corrected chi connectivity index (χ0v) is 15.9. The molecule has 5 nitrogen and oxygen atoms in total. The lowest BCUT2D eigenvalue weighted by molar-refractivity contribution is 0.0776. The molecular formula is C18H22ClN3O2S. The van der Waals surface area contributed by atoms with Crippen molar-refractivity contribution in [1.29, 1.82) is 0 Å². The number of hydrogen-bond donors (Lipinski definition) is 0. The van der Waals surface area contributed by atoms with E-state index in [0.717, 1.165) is 41.8 Å². The minimum Gasteiger partial charge on any atom is -0.450 e. The van der Waals surface area contributed by atoms with Gasteiger partial charge in [0, 0.05) is 49.5 Å². The smallest absolute Gasteiger partial charge is 0.409 e. The number of rotatable bonds is 5. The van der Waals surface area contributed by atoms with Gasteiger partial charge in [-0.2, -0.15) is 0 Å². The SMILES string of the molecule is CCOC(=O)N1CCN(Cc2csc(Cc3ccc(Cl)cc3)n2)CC1. The number of nitrogens with zero attached hydrogens (tertiary/aromatic N) is 3. The van der Waals surface area contributed by atoms with Crippen LogP contribution in [0.2, 0.25) is 5.02 Å². The van der Waals surface area contributed by atoms with Gasteiger partial charge in [-0.15, -0.1) is 11.3 Å². The first-order valence-corrected chi connectivity index (χ1v) is 9.71. The van der Waals surface area contributed by atoms with Gasteiger partial charge in [0.15, 0.2) is 0 Å². The molecule has 1 saturated heterocycles. The quantitative estimate of drug-likeness (QED) is 0.795. The highest BCUT2D eigenvalue weighted by molar-refractivity contribution is 7.09. The van der Waals surface area contributed by atoms with E-state index in [-0.39, 0.29) is 6.09 Å². The van der Waals surface area contributed by atoms with Gasteiger partial charge >= 0.3 is 6.09 Å². The standard InChI is InChI=1S/C18H22ClN3O2S/c1-2-24-18(23)22-9-7-21(8-10-22)12-16-13-25-17(20-16)11-14-3-5-15(19)6-4-14/h3-6,13H,2,7-12H2,1H3. The lowest BCUT2D eigenvalue weighted by Crippen LogP contribution is -2.48. The van der Waals surface area contributed by atoms with E-state index < -0.39 is 0 Å². The number of aromatic nitrogens is 1. The Bertz CT molecular complexity index is 697. The Morgan fingerprint density at radius 2 is 1.96 bits per heavy atom. The van der Waals surface area contributed by atoms with Crippen molar-refractivity contribution >= 4 is 29.0 Å². The summed E-state index contributed by atoms with van der Waals surface area (Å²) in [5.74, 6) is 0. The maximum Gasteiger partial charge on any atom is 0.409 e. The fraction of sp³-hybridized carbons (Fsp3) is 0.444. The second-order valence-corrected chi connectivity index (χ2v) is 7.38. The van der Waals surface area contributed by atoms with Crippen molar-refractivity contribution in [2.45, 2.75) is 19.9 Å². The Kier molecular flexibility index (Phi) is 6.29. The Labute approximate surface area is 157 Å². The van der Waals surface area contributed by atoms with Gasteiger partial charge in [-0.05, 0) is 24.6 Å². The van der Waals surface area contributed by atoms with Crippen LogP contribution in [-0.2, 0) is 17.7 Å². The van der Waals surface area contributed by atoms with Crippen LogP contribution in [0.15, 0.2) is 29.6 Å². The summed E-state index contributed by atoms with van der Waals surface area (Å²) in [5.41, 5.74) is 2.31. The largest absolute Gasteiger partial charge is 0.450 e. The number of hydrogen-bond acceptors (Lipinski definition) is 5. The van der Waals surface area contributed by atoms with Crippen LogP contribution in [0.1, 0.15) is 23.2 Å². The maximum atomic E-state index is 11.7. The van der Waals surface area contributed by atoms with Crippen molar-refractivity contribution in [3.05, 3.63) is 50.9 Å². The molecule has 1 aromatic heterocycles. The average molecular weight is 380 g/mol. The van der Waals surface area contributed by atoms with Crippen LogP contribution in [0.3, 0.4) is 0 Å². The number of benzene rings is 1. The first-order chi connectivity index (χ1) is 12.1. The van der Waals surface area contributed by atoms with Crippen LogP contribution in [0.25, 0.3) is 0 Å². The van der Waals surface area contributed by atoms with Gasteiger partial charge in [0.05, 0.1) is 17.3 Å². The zero-order valence-electron chi connectivity index (χ0n) is 14.3. The molecule has 1 aromatic carbocycles. The van der Waals surface area contributed by atoms with E-state index in [0.29, 0.717) is 19.7 Å². The summed E-state index contributed by atoms with van der Waals surface area (Å²) in [6, 6.07) is 7.90. The molecule has 2 aromatic rings. The zero-order chi connectivity index (χ0) is 17.6. The van der Waals surface area contributed by atoms with Gasteiger partial charge in [0.25, 0.3) is 0 Å². The van der Waals surface area contributed by atoms with Crippen molar-refractivity contribution in [3.8, 4) is 0 Å². The van der Waals surface area contributed by atoms with Crippen LogP contribution in [-0.4, -0.2) is 53.7 Å². The van der Waals surface area contributed by atoms with Gasteiger partial charge in [-0.3, -0.25) is 4.90 Å². The Morgan fingerprint density at radius 3 is 2.64 bits per heavy atom. The molecule has 1 aliphatic rings. The predicted molar refractivity (Wildman–Crippen MR) is 100 cm³/mol. The Morgan fingerprint density at radius 1 is 1.24 bits per heavy atom. The van der Waals surface area contributed by atoms with Crippen LogP contribution in [0.5, 0.6) is 0 Å². The Hall–Kier alpha value is -1.63. The number of amides is 1. The molecule has 0 saturated carbocycles. The van der Waals surface area contributed by atoms with E-state index in [9.17, 15) is 4.79 Å². The molecule has 0 aliphatic carbocycles. The van der Waals surface area contributed by atoms with E-state index in [1.165, 1.54) is 5.56 Å². The lowest BCUT2D eigenvalue weighted by Gasteiger charge is -2.33. The molecule has 7 heteroatoms. The molecule has 0 N–H and O–H groups in total. The topological polar surface area (TPSA) is 45.7 Å². The molecule has 1 amide bonds. The molecule has 0 bridgehead atoms. The van der Waals surface area contributed by atoms with Gasteiger partial charge < -0.3 is 9.64 Å². The molecule has 25 heavy (non-hydrogen) atoms. The lowest BCUT2D eigenvalue weighted by atomic mass is 10.2. The fourth-order valence-corrected chi connectivity index (χ4v) is 3.76. The predicted octanol–water partition coefficient (Wildman–Crippen LogP) is 3.66. The normalized spacial score (nSPS) is 15.4. The molecule has 0 unspecified atom stereocenters. The first-order valence-electron chi connectivity index (χ1n) is 8.46. The number of halogens is 1. The summed E-state index contributed by atoms with van der Waals surface area (Å²) >= 11 is 7.62. The fourth-order valence-electron chi connectivity index (χ4n) is 2.81. The number of piperazine rings is 1. The van der Waals surface area contributed by atoms with E-state index in [2.05, 4.69) is 10.3 Å². The number of carbonyl (C=O) groups excluding carboxylic acids is 1. The third-order valence-electron chi connectivity index (χ3n) is 4.15. The second kappa shape index (κ2) is 8.65. The highest BCUT2D eigenvalue weighted by atomic mass is 35.5. The van der Waals surface area contributed by atoms with Crippen LogP contribution in [0.4, 0.5) is 4.79 Å². The Balaban J connectivity index is 1.49. The summed E-state index contributed by atoms with van der Waals surface area (Å²) in [6.07, 6.45) is 0.624. The number of ether oxygens (including phenoxy) is 1. The minimum atomic E-state index is -0.207. The molecule has 0 atom stereocenters. The van der Waals surface area contributed by atoms with Gasteiger partial charge in [-0.1, -0.05) is 23.7 Å². The van der Waals surface area contributed by atoms with E-state index in [1.807, 2.05) is 31.2 Å². The van der Waals surface area contributed by atoms with Crippen molar-refractivity contribution in [2.75, 3.05) is 32.8 Å². The summed E-state index contributed by atoms with van der Waals surface area (Å²) in [6.45, 7) is 6.20. The molecule has 1 fully saturated rings. The molecule has 3 rings (SSSR count). The van der Waals surface area contributed by atoms with Crippen molar-refractivity contribution in [3.63, 3.8) is 0 Å². The summed E-state index contributed by atoms with van der Waals surface area (Å²) in [5, 5.41) is 4.00. The number of carbonyl (C=O) groups is 1. The third kappa shape index (κ3) is 5.17. The van der Waals surface area contributed by atoms with Crippen molar-refractivity contribution in [2.24, 2.45) is 0 Å². The minimum absolute atomic E-state index is 0.207. The van der Waals surface area contributed by atoms with E-state index in [1.54, 1.807) is 16.2 Å². The number of thiazole rings is 1. The summed E-state index contributed by atoms with van der Waals surface area (Å²) in [7, 11) is 0. The van der Waals surface area contributed by atoms with Gasteiger partial charge in [0.1, 0.15) is 0 Å². The van der Waals surface area contributed by atoms with Crippen LogP contribution >= 0.6 is 22.9 Å². The molecular weight excluding hydrogens is 358 g/mol. The average Bonchev–Trinajstić information content (AvgIpc) is 3.05. The maximum absolute atomic E-state index is 11.7. The molecule has 0 radical (unpaired) electrons. The van der Waals surface area contributed by atoms with Gasteiger partial charge in [0.2, 0.25) is 0 Å². The third-order valence-corrected chi connectivity index (χ3v) is 5.30.